The number of benzene rings is 2. The van der Waals surface area contributed by atoms with E-state index in [1.54, 1.807) is 6.21 Å². The maximum atomic E-state index is 12.7. The van der Waals surface area contributed by atoms with E-state index in [2.05, 4.69) is 36.3 Å². The Labute approximate surface area is 188 Å². The molecule has 0 radical (unpaired) electrons. The van der Waals surface area contributed by atoms with Crippen molar-refractivity contribution in [2.75, 3.05) is 11.4 Å². The molecule has 0 fully saturated rings. The summed E-state index contributed by atoms with van der Waals surface area (Å²) >= 11 is 0. The molecule has 0 saturated carbocycles. The molecule has 1 heterocycles. The minimum atomic E-state index is -0.562. The van der Waals surface area contributed by atoms with Crippen LogP contribution in [0.3, 0.4) is 0 Å². The predicted molar refractivity (Wildman–Crippen MR) is 126 cm³/mol. The number of hydrogen-bond acceptors (Lipinski definition) is 5. The third-order valence-electron chi connectivity index (χ3n) is 5.53. The second-order valence-electron chi connectivity index (χ2n) is 8.19. The highest BCUT2D eigenvalue weighted by atomic mass is 16.5. The fourth-order valence-electron chi connectivity index (χ4n) is 3.74. The Balaban J connectivity index is 1.56. The van der Waals surface area contributed by atoms with Gasteiger partial charge in [0.05, 0.1) is 17.9 Å². The Kier molecular flexibility index (Phi) is 6.50. The fraction of sp³-hybridized carbons (Fsp3) is 0.269. The lowest BCUT2D eigenvalue weighted by molar-refractivity contribution is -0.115. The third-order valence-corrected chi connectivity index (χ3v) is 5.53. The largest absolute Gasteiger partial charge is 0.445 e. The highest BCUT2D eigenvalue weighted by Crippen LogP contribution is 2.31. The van der Waals surface area contributed by atoms with Gasteiger partial charge in [0, 0.05) is 18.2 Å². The van der Waals surface area contributed by atoms with Crippen LogP contribution in [0.15, 0.2) is 77.4 Å². The molecule has 1 atom stereocenters. The number of benzodiazepines with no additional fused rings is 1. The Morgan fingerprint density at radius 3 is 2.78 bits per heavy atom. The molecule has 1 aliphatic carbocycles. The average molecular weight is 430 g/mol. The molecular formula is C26H27N3O3. The molecule has 6 heteroatoms. The summed E-state index contributed by atoms with van der Waals surface area (Å²) < 4.78 is 5.37. The van der Waals surface area contributed by atoms with Crippen LogP contribution in [0, 0.1) is 0 Å². The standard InChI is InChI=1S/C26H27N3O3/c1-18(2)20-12-13-21-15-27-25(28-26(31)32-17-19-8-4-3-5-9-19)16-29(23(21)14-20)22-10-6-7-11-24(22)30/h3-10,12-15,18,25H,11,16-17H2,1-2H3,(H,28,31). The second kappa shape index (κ2) is 9.64. The van der Waals surface area contributed by atoms with Gasteiger partial charge in [-0.05, 0) is 29.2 Å². The molecule has 0 aromatic heterocycles. The first-order valence-electron chi connectivity index (χ1n) is 10.8. The molecule has 2 aliphatic rings. The minimum Gasteiger partial charge on any atom is -0.445 e. The molecule has 2 aromatic rings. The van der Waals surface area contributed by atoms with Gasteiger partial charge in [0.1, 0.15) is 12.8 Å². The zero-order valence-electron chi connectivity index (χ0n) is 18.3. The quantitative estimate of drug-likeness (QED) is 0.747. The molecule has 2 aromatic carbocycles. The zero-order chi connectivity index (χ0) is 22.5. The molecular weight excluding hydrogens is 402 g/mol. The summed E-state index contributed by atoms with van der Waals surface area (Å²) in [5, 5.41) is 2.83. The molecule has 1 unspecified atom stereocenters. The number of hydrogen-bond donors (Lipinski definition) is 1. The van der Waals surface area contributed by atoms with Crippen LogP contribution in [-0.4, -0.2) is 30.8 Å². The number of aliphatic imine (C=N–C) groups is 1. The lowest BCUT2D eigenvalue weighted by Gasteiger charge is -2.30. The lowest BCUT2D eigenvalue weighted by Crippen LogP contribution is -2.43. The van der Waals surface area contributed by atoms with E-state index in [1.807, 2.05) is 59.5 Å². The van der Waals surface area contributed by atoms with Gasteiger partial charge in [-0.15, -0.1) is 0 Å². The number of rotatable bonds is 5. The average Bonchev–Trinajstić information content (AvgIpc) is 2.98. The summed E-state index contributed by atoms with van der Waals surface area (Å²) in [4.78, 5) is 31.7. The minimum absolute atomic E-state index is 0.0423. The van der Waals surface area contributed by atoms with Gasteiger partial charge in [-0.2, -0.15) is 0 Å². The van der Waals surface area contributed by atoms with Crippen molar-refractivity contribution in [2.45, 2.75) is 39.0 Å². The zero-order valence-corrected chi connectivity index (χ0v) is 18.3. The van der Waals surface area contributed by atoms with Crippen molar-refractivity contribution in [3.8, 4) is 0 Å². The molecule has 1 N–H and O–H groups in total. The maximum absolute atomic E-state index is 12.7. The Bertz CT molecular complexity index is 1090. The topological polar surface area (TPSA) is 71.0 Å². The SMILES string of the molecule is CC(C)c1ccc2c(c1)N(C1=CC=CCC1=O)CC(NC(=O)OCc1ccccc1)N=C2. The summed E-state index contributed by atoms with van der Waals surface area (Å²) in [6.07, 6.45) is 6.58. The number of nitrogens with one attached hydrogen (secondary N) is 1. The van der Waals surface area contributed by atoms with Crippen molar-refractivity contribution >= 4 is 23.8 Å². The van der Waals surface area contributed by atoms with E-state index in [0.29, 0.717) is 24.6 Å². The van der Waals surface area contributed by atoms with Crippen molar-refractivity contribution < 1.29 is 14.3 Å². The molecule has 0 bridgehead atoms. The van der Waals surface area contributed by atoms with Crippen LogP contribution >= 0.6 is 0 Å². The monoisotopic (exact) mass is 429 g/mol. The molecule has 6 nitrogen and oxygen atoms in total. The van der Waals surface area contributed by atoms with Crippen LogP contribution < -0.4 is 10.2 Å². The lowest BCUT2D eigenvalue weighted by atomic mass is 9.99. The van der Waals surface area contributed by atoms with Crippen molar-refractivity contribution in [1.29, 1.82) is 0 Å². The van der Waals surface area contributed by atoms with Gasteiger partial charge in [-0.1, -0.05) is 68.5 Å². The van der Waals surface area contributed by atoms with E-state index >= 15 is 0 Å². The Hall–Kier alpha value is -3.67. The summed E-state index contributed by atoms with van der Waals surface area (Å²) in [6, 6.07) is 15.7. The van der Waals surface area contributed by atoms with Gasteiger partial charge in [0.2, 0.25) is 0 Å². The number of Topliss-reactive ketones (excluding diaryl/α,β-unsaturated/α-hetero) is 1. The molecule has 32 heavy (non-hydrogen) atoms. The molecule has 4 rings (SSSR count). The van der Waals surface area contributed by atoms with Crippen molar-refractivity contribution in [1.82, 2.24) is 5.32 Å². The number of fused-ring (bicyclic) bond motifs is 1. The van der Waals surface area contributed by atoms with Crippen molar-refractivity contribution in [3.63, 3.8) is 0 Å². The van der Waals surface area contributed by atoms with Crippen LogP contribution in [0.5, 0.6) is 0 Å². The van der Waals surface area contributed by atoms with E-state index < -0.39 is 12.3 Å². The molecule has 164 valence electrons. The van der Waals surface area contributed by atoms with Crippen LogP contribution in [0.25, 0.3) is 0 Å². The first-order valence-corrected chi connectivity index (χ1v) is 10.8. The van der Waals surface area contributed by atoms with E-state index in [-0.39, 0.29) is 12.4 Å². The summed E-state index contributed by atoms with van der Waals surface area (Å²) in [6.45, 7) is 4.78. The number of allylic oxidation sites excluding steroid dienone is 4. The van der Waals surface area contributed by atoms with Gasteiger partial charge in [-0.25, -0.2) is 4.79 Å². The van der Waals surface area contributed by atoms with Gasteiger partial charge >= 0.3 is 6.09 Å². The van der Waals surface area contributed by atoms with Crippen LogP contribution in [0.2, 0.25) is 0 Å². The number of ether oxygens (including phenoxy) is 1. The molecule has 1 amide bonds. The first kappa shape index (κ1) is 21.6. The van der Waals surface area contributed by atoms with Crippen molar-refractivity contribution in [3.05, 3.63) is 89.1 Å². The number of anilines is 1. The maximum Gasteiger partial charge on any atom is 0.409 e. The van der Waals surface area contributed by atoms with Gasteiger partial charge < -0.3 is 9.64 Å². The number of alkyl carbamates (subject to hydrolysis) is 1. The highest BCUT2D eigenvalue weighted by Gasteiger charge is 2.27. The van der Waals surface area contributed by atoms with Crippen LogP contribution in [0.4, 0.5) is 10.5 Å². The second-order valence-corrected chi connectivity index (χ2v) is 8.19. The fourth-order valence-corrected chi connectivity index (χ4v) is 3.74. The number of nitrogens with zero attached hydrogens (tertiary/aromatic N) is 2. The van der Waals surface area contributed by atoms with Crippen molar-refractivity contribution in [2.24, 2.45) is 4.99 Å². The first-order chi connectivity index (χ1) is 15.5. The number of carbonyl (C=O) groups is 2. The number of ketones is 1. The smallest absolute Gasteiger partial charge is 0.409 e. The summed E-state index contributed by atoms with van der Waals surface area (Å²) in [7, 11) is 0. The summed E-state index contributed by atoms with van der Waals surface area (Å²) in [5.41, 5.74) is 4.50. The van der Waals surface area contributed by atoms with Crippen LogP contribution in [-0.2, 0) is 16.1 Å². The highest BCUT2D eigenvalue weighted by molar-refractivity contribution is 6.02. The number of carbonyl (C=O) groups excluding carboxylic acids is 2. The van der Waals surface area contributed by atoms with Gasteiger partial charge in [0.25, 0.3) is 0 Å². The van der Waals surface area contributed by atoms with E-state index in [9.17, 15) is 9.59 Å². The summed E-state index contributed by atoms with van der Waals surface area (Å²) in [5.74, 6) is 0.390. The molecule has 0 saturated heterocycles. The van der Waals surface area contributed by atoms with Gasteiger partial charge in [0.15, 0.2) is 5.78 Å². The van der Waals surface area contributed by atoms with E-state index in [1.165, 1.54) is 5.56 Å². The Morgan fingerprint density at radius 2 is 2.03 bits per heavy atom. The van der Waals surface area contributed by atoms with Gasteiger partial charge in [-0.3, -0.25) is 15.1 Å². The van der Waals surface area contributed by atoms with E-state index in [0.717, 1.165) is 16.8 Å². The Morgan fingerprint density at radius 1 is 1.22 bits per heavy atom. The normalized spacial score (nSPS) is 17.6. The predicted octanol–water partition coefficient (Wildman–Crippen LogP) is 4.71. The molecule has 0 spiro atoms. The number of amides is 1. The van der Waals surface area contributed by atoms with Crippen LogP contribution in [0.1, 0.15) is 42.9 Å². The molecule has 1 aliphatic heterocycles. The van der Waals surface area contributed by atoms with E-state index in [4.69, 9.17) is 4.74 Å². The third kappa shape index (κ3) is 4.97.